The molecule has 7 heavy (non-hydrogen) atoms. The minimum atomic E-state index is 0.101. The van der Waals surface area contributed by atoms with Crippen LogP contribution in [0.3, 0.4) is 0 Å². The molecule has 1 radical (unpaired) electrons. The molecule has 0 saturated carbocycles. The molecule has 2 nitrogen and oxygen atoms in total. The number of carbonyl (C=O) groups is 1. The van der Waals surface area contributed by atoms with E-state index in [9.17, 15) is 4.79 Å². The zero-order valence-electron chi connectivity index (χ0n) is 3.98. The van der Waals surface area contributed by atoms with Crippen molar-refractivity contribution < 1.29 is 4.79 Å². The van der Waals surface area contributed by atoms with Gasteiger partial charge in [0, 0.05) is 6.54 Å². The van der Waals surface area contributed by atoms with Crippen molar-refractivity contribution in [3.05, 3.63) is 0 Å². The Hall–Kier alpha value is -0.180. The van der Waals surface area contributed by atoms with Gasteiger partial charge in [0.15, 0.2) is 0 Å². The molecule has 1 rings (SSSR count). The second-order valence-electron chi connectivity index (χ2n) is 1.45. The summed E-state index contributed by atoms with van der Waals surface area (Å²) in [5, 5.41) is 3.70. The quantitative estimate of drug-likeness (QED) is 0.415. The van der Waals surface area contributed by atoms with Crippen molar-refractivity contribution in [3.8, 4) is 0 Å². The molecular weight excluding hydrogens is 110 g/mol. The summed E-state index contributed by atoms with van der Waals surface area (Å²) in [4.78, 5) is 10.3. The zero-order valence-corrected chi connectivity index (χ0v) is 4.98. The van der Waals surface area contributed by atoms with Crippen LogP contribution in [0.15, 0.2) is 0 Å². The molecule has 41 valence electrons. The average molecular weight is 118 g/mol. The SMILES string of the molecule is O=C1C[SH2]CC[N]1. The van der Waals surface area contributed by atoms with E-state index in [0.29, 0.717) is 5.75 Å². The van der Waals surface area contributed by atoms with Crippen molar-refractivity contribution in [2.24, 2.45) is 0 Å². The molecule has 0 aromatic rings. The maximum Gasteiger partial charge on any atom is 0.249 e. The van der Waals surface area contributed by atoms with Crippen LogP contribution in [0.4, 0.5) is 0 Å². The largest absolute Gasteiger partial charge is 0.272 e. The van der Waals surface area contributed by atoms with Crippen molar-refractivity contribution >= 4 is 17.7 Å². The van der Waals surface area contributed by atoms with Crippen LogP contribution < -0.4 is 5.32 Å². The van der Waals surface area contributed by atoms with Gasteiger partial charge in [-0.3, -0.25) is 21.9 Å². The first-order valence-corrected chi connectivity index (χ1v) is 3.72. The van der Waals surface area contributed by atoms with E-state index >= 15 is 0 Å². The summed E-state index contributed by atoms with van der Waals surface area (Å²) >= 11 is 0.839. The number of rotatable bonds is 0. The fourth-order valence-corrected chi connectivity index (χ4v) is 1.28. The fourth-order valence-electron chi connectivity index (χ4n) is 0.511. The highest BCUT2D eigenvalue weighted by Crippen LogP contribution is 2.02. The van der Waals surface area contributed by atoms with Gasteiger partial charge in [-0.05, 0) is 5.75 Å². The smallest absolute Gasteiger partial charge is 0.249 e. The molecule has 1 fully saturated rings. The Labute approximate surface area is 46.7 Å². The van der Waals surface area contributed by atoms with Gasteiger partial charge in [0.25, 0.3) is 0 Å². The standard InChI is InChI=1S/C4H8NOS/c6-4-3-7-2-1-5-4/h1-3,7H2. The molecule has 1 saturated heterocycles. The van der Waals surface area contributed by atoms with Crippen LogP contribution in [-0.4, -0.2) is 24.0 Å². The Kier molecular flexibility index (Phi) is 1.57. The molecule has 3 heteroatoms. The normalized spacial score (nSPS) is 27.1. The first-order chi connectivity index (χ1) is 3.39. The van der Waals surface area contributed by atoms with Gasteiger partial charge < -0.3 is 0 Å². The molecule has 1 amide bonds. The summed E-state index contributed by atoms with van der Waals surface area (Å²) in [7, 11) is 0. The van der Waals surface area contributed by atoms with Gasteiger partial charge >= 0.3 is 0 Å². The second kappa shape index (κ2) is 2.21. The number of hydrogen-bond acceptors (Lipinski definition) is 1. The predicted octanol–water partition coefficient (Wildman–Crippen LogP) is -0.671. The van der Waals surface area contributed by atoms with Gasteiger partial charge in [-0.2, -0.15) is 0 Å². The van der Waals surface area contributed by atoms with Crippen LogP contribution >= 0.6 is 11.8 Å². The summed E-state index contributed by atoms with van der Waals surface area (Å²) in [6, 6.07) is 0. The summed E-state index contributed by atoms with van der Waals surface area (Å²) in [6.07, 6.45) is 0. The number of nitrogens with zero attached hydrogens (tertiary/aromatic N) is 1. The lowest BCUT2D eigenvalue weighted by Crippen LogP contribution is -2.25. The Morgan fingerprint density at radius 1 is 1.71 bits per heavy atom. The van der Waals surface area contributed by atoms with Crippen LogP contribution in [0.25, 0.3) is 0 Å². The lowest BCUT2D eigenvalue weighted by Gasteiger charge is -2.08. The van der Waals surface area contributed by atoms with Crippen LogP contribution in [0, 0.1) is 0 Å². The van der Waals surface area contributed by atoms with Crippen molar-refractivity contribution in [1.29, 1.82) is 0 Å². The number of carbonyl (C=O) groups excluding carboxylic acids is 1. The predicted molar refractivity (Wildman–Crippen MR) is 32.1 cm³/mol. The summed E-state index contributed by atoms with van der Waals surface area (Å²) in [5.74, 6) is 1.94. The third kappa shape index (κ3) is 1.39. The van der Waals surface area contributed by atoms with Gasteiger partial charge in [-0.15, -0.1) is 0 Å². The van der Waals surface area contributed by atoms with E-state index in [4.69, 9.17) is 0 Å². The van der Waals surface area contributed by atoms with Crippen LogP contribution in [0.5, 0.6) is 0 Å². The Morgan fingerprint density at radius 3 is 2.86 bits per heavy atom. The molecular formula is C4H8NOS. The van der Waals surface area contributed by atoms with Gasteiger partial charge in [-0.1, -0.05) is 0 Å². The van der Waals surface area contributed by atoms with Crippen molar-refractivity contribution in [2.75, 3.05) is 18.1 Å². The Balaban J connectivity index is 2.25. The minimum absolute atomic E-state index is 0.101. The highest BCUT2D eigenvalue weighted by molar-refractivity contribution is 8.00. The lowest BCUT2D eigenvalue weighted by atomic mass is 10.6. The monoisotopic (exact) mass is 118 g/mol. The fraction of sp³-hybridized carbons (Fsp3) is 0.750. The van der Waals surface area contributed by atoms with Crippen molar-refractivity contribution in [2.45, 2.75) is 0 Å². The molecule has 0 aliphatic carbocycles. The van der Waals surface area contributed by atoms with Gasteiger partial charge in [-0.25, -0.2) is 0 Å². The topological polar surface area (TPSA) is 31.2 Å². The maximum atomic E-state index is 10.3. The lowest BCUT2D eigenvalue weighted by molar-refractivity contribution is -0.118. The highest BCUT2D eigenvalue weighted by atomic mass is 32.2. The van der Waals surface area contributed by atoms with Crippen molar-refractivity contribution in [3.63, 3.8) is 0 Å². The molecule has 1 aliphatic rings. The maximum absolute atomic E-state index is 10.3. The van der Waals surface area contributed by atoms with Crippen LogP contribution in [0.2, 0.25) is 0 Å². The third-order valence-electron chi connectivity index (χ3n) is 0.853. The molecule has 0 aromatic carbocycles. The van der Waals surface area contributed by atoms with E-state index in [1.165, 1.54) is 0 Å². The van der Waals surface area contributed by atoms with Crippen molar-refractivity contribution in [1.82, 2.24) is 5.32 Å². The summed E-state index contributed by atoms with van der Waals surface area (Å²) < 4.78 is 0. The summed E-state index contributed by atoms with van der Waals surface area (Å²) in [5.41, 5.74) is 0. The minimum Gasteiger partial charge on any atom is -0.272 e. The van der Waals surface area contributed by atoms with Crippen LogP contribution in [-0.2, 0) is 4.79 Å². The number of amides is 1. The summed E-state index contributed by atoms with van der Waals surface area (Å²) in [6.45, 7) is 0.775. The average Bonchev–Trinajstić information content (AvgIpc) is 1.69. The van der Waals surface area contributed by atoms with E-state index in [-0.39, 0.29) is 5.91 Å². The molecule has 1 heterocycles. The Morgan fingerprint density at radius 2 is 2.57 bits per heavy atom. The van der Waals surface area contributed by atoms with E-state index in [1.54, 1.807) is 0 Å². The van der Waals surface area contributed by atoms with Crippen LogP contribution in [0.1, 0.15) is 0 Å². The molecule has 0 bridgehead atoms. The van der Waals surface area contributed by atoms with E-state index in [1.807, 2.05) is 0 Å². The first kappa shape index (κ1) is 4.97. The first-order valence-electron chi connectivity index (χ1n) is 2.30. The zero-order chi connectivity index (χ0) is 5.11. The second-order valence-corrected chi connectivity index (χ2v) is 2.81. The Bertz CT molecular complexity index is 75.8. The third-order valence-corrected chi connectivity index (χ3v) is 1.98. The van der Waals surface area contributed by atoms with E-state index in [0.717, 1.165) is 24.1 Å². The van der Waals surface area contributed by atoms with Gasteiger partial charge in [0.2, 0.25) is 5.91 Å². The molecule has 0 N–H and O–H groups in total. The molecule has 0 aromatic heterocycles. The number of hydrogen-bond donors (Lipinski definition) is 0. The highest BCUT2D eigenvalue weighted by Gasteiger charge is 2.04. The molecule has 1 aliphatic heterocycles. The van der Waals surface area contributed by atoms with Gasteiger partial charge in [0.05, 0.1) is 5.75 Å². The van der Waals surface area contributed by atoms with E-state index < -0.39 is 0 Å². The molecule has 0 spiro atoms. The van der Waals surface area contributed by atoms with E-state index in [2.05, 4.69) is 5.32 Å². The van der Waals surface area contributed by atoms with Gasteiger partial charge in [0.1, 0.15) is 0 Å². The molecule has 0 unspecified atom stereocenters. The molecule has 0 atom stereocenters.